The molecular formula is C12H20N6O2S. The SMILES string of the molecule is CCc1nc2n(n1)CCCC2NS(=O)(=O)N(C)CCC#N. The third-order valence-electron chi connectivity index (χ3n) is 3.47. The van der Waals surface area contributed by atoms with Crippen LogP contribution in [0.25, 0.3) is 0 Å². The van der Waals surface area contributed by atoms with Gasteiger partial charge in [-0.05, 0) is 12.8 Å². The van der Waals surface area contributed by atoms with Crippen molar-refractivity contribution in [3.63, 3.8) is 0 Å². The lowest BCUT2D eigenvalue weighted by Crippen LogP contribution is -2.42. The summed E-state index contributed by atoms with van der Waals surface area (Å²) in [7, 11) is -2.16. The molecule has 1 N–H and O–H groups in total. The zero-order valence-electron chi connectivity index (χ0n) is 12.3. The van der Waals surface area contributed by atoms with E-state index in [1.807, 2.05) is 13.0 Å². The predicted octanol–water partition coefficient (Wildman–Crippen LogP) is 0.355. The summed E-state index contributed by atoms with van der Waals surface area (Å²) in [6.07, 6.45) is 2.45. The minimum Gasteiger partial charge on any atom is -0.248 e. The highest BCUT2D eigenvalue weighted by Crippen LogP contribution is 2.24. The smallest absolute Gasteiger partial charge is 0.248 e. The zero-order chi connectivity index (χ0) is 15.5. The molecule has 0 amide bonds. The van der Waals surface area contributed by atoms with Crippen LogP contribution in [0.3, 0.4) is 0 Å². The van der Waals surface area contributed by atoms with Gasteiger partial charge in [-0.25, -0.2) is 9.67 Å². The molecule has 0 aromatic carbocycles. The molecule has 0 aliphatic carbocycles. The van der Waals surface area contributed by atoms with Crippen molar-refractivity contribution in [2.24, 2.45) is 0 Å². The van der Waals surface area contributed by atoms with Crippen molar-refractivity contribution >= 4 is 10.2 Å². The van der Waals surface area contributed by atoms with Crippen molar-refractivity contribution < 1.29 is 8.42 Å². The summed E-state index contributed by atoms with van der Waals surface area (Å²) >= 11 is 0. The molecule has 1 aromatic heterocycles. The summed E-state index contributed by atoms with van der Waals surface area (Å²) in [6.45, 7) is 2.91. The van der Waals surface area contributed by atoms with Crippen molar-refractivity contribution in [1.82, 2.24) is 23.8 Å². The van der Waals surface area contributed by atoms with Crippen molar-refractivity contribution in [3.05, 3.63) is 11.6 Å². The molecule has 21 heavy (non-hydrogen) atoms. The zero-order valence-corrected chi connectivity index (χ0v) is 13.1. The highest BCUT2D eigenvalue weighted by atomic mass is 32.2. The Hall–Kier alpha value is -1.50. The fourth-order valence-electron chi connectivity index (χ4n) is 2.26. The Balaban J connectivity index is 2.14. The first-order valence-corrected chi connectivity index (χ1v) is 8.46. The normalized spacial score (nSPS) is 18.5. The van der Waals surface area contributed by atoms with E-state index in [-0.39, 0.29) is 19.0 Å². The largest absolute Gasteiger partial charge is 0.279 e. The monoisotopic (exact) mass is 312 g/mol. The number of nitrogens with zero attached hydrogens (tertiary/aromatic N) is 5. The fourth-order valence-corrected chi connectivity index (χ4v) is 3.35. The van der Waals surface area contributed by atoms with Crippen LogP contribution < -0.4 is 4.72 Å². The molecule has 1 aliphatic heterocycles. The summed E-state index contributed by atoms with van der Waals surface area (Å²) < 4.78 is 30.1. The number of aryl methyl sites for hydroxylation is 2. The van der Waals surface area contributed by atoms with E-state index < -0.39 is 10.2 Å². The quantitative estimate of drug-likeness (QED) is 0.816. The Morgan fingerprint density at radius 2 is 2.33 bits per heavy atom. The fraction of sp³-hybridized carbons (Fsp3) is 0.750. The molecule has 1 unspecified atom stereocenters. The Bertz CT molecular complexity index is 633. The van der Waals surface area contributed by atoms with Gasteiger partial charge in [0.25, 0.3) is 10.2 Å². The predicted molar refractivity (Wildman–Crippen MR) is 76.3 cm³/mol. The Morgan fingerprint density at radius 3 is 3.00 bits per heavy atom. The van der Waals surface area contributed by atoms with Gasteiger partial charge < -0.3 is 0 Å². The first-order chi connectivity index (χ1) is 9.97. The van der Waals surface area contributed by atoms with Crippen LogP contribution in [0.15, 0.2) is 0 Å². The van der Waals surface area contributed by atoms with Gasteiger partial charge in [0.1, 0.15) is 5.82 Å². The molecule has 2 rings (SSSR count). The maximum atomic E-state index is 12.2. The second kappa shape index (κ2) is 6.51. The number of nitriles is 1. The van der Waals surface area contributed by atoms with Crippen molar-refractivity contribution in [3.8, 4) is 6.07 Å². The van der Waals surface area contributed by atoms with Gasteiger partial charge in [-0.3, -0.25) is 0 Å². The molecule has 0 fully saturated rings. The first kappa shape index (κ1) is 15.9. The molecular weight excluding hydrogens is 292 g/mol. The number of aromatic nitrogens is 3. The second-order valence-electron chi connectivity index (χ2n) is 5.01. The summed E-state index contributed by atoms with van der Waals surface area (Å²) in [6, 6.07) is 1.58. The highest BCUT2D eigenvalue weighted by molar-refractivity contribution is 7.87. The number of rotatable bonds is 6. The summed E-state index contributed by atoms with van der Waals surface area (Å²) in [5, 5.41) is 12.9. The van der Waals surface area contributed by atoms with Gasteiger partial charge in [-0.15, -0.1) is 0 Å². The van der Waals surface area contributed by atoms with Gasteiger partial charge in [0, 0.05) is 33.0 Å². The van der Waals surface area contributed by atoms with E-state index in [1.54, 1.807) is 4.68 Å². The molecule has 2 heterocycles. The molecule has 0 saturated carbocycles. The van der Waals surface area contributed by atoms with Crippen LogP contribution in [-0.4, -0.2) is 41.1 Å². The highest BCUT2D eigenvalue weighted by Gasteiger charge is 2.29. The van der Waals surface area contributed by atoms with Gasteiger partial charge in [0.15, 0.2) is 5.82 Å². The van der Waals surface area contributed by atoms with Crippen LogP contribution in [-0.2, 0) is 23.2 Å². The number of hydrogen-bond acceptors (Lipinski definition) is 5. The van der Waals surface area contributed by atoms with Crippen molar-refractivity contribution in [2.45, 2.75) is 45.2 Å². The molecule has 0 bridgehead atoms. The minimum atomic E-state index is -3.62. The van der Waals surface area contributed by atoms with Crippen LogP contribution in [0.2, 0.25) is 0 Å². The number of hydrogen-bond donors (Lipinski definition) is 1. The molecule has 1 aliphatic rings. The van der Waals surface area contributed by atoms with Crippen molar-refractivity contribution in [2.75, 3.05) is 13.6 Å². The van der Waals surface area contributed by atoms with Gasteiger partial charge in [-0.2, -0.15) is 27.8 Å². The second-order valence-corrected chi connectivity index (χ2v) is 6.82. The van der Waals surface area contributed by atoms with E-state index in [2.05, 4.69) is 14.8 Å². The van der Waals surface area contributed by atoms with E-state index in [1.165, 1.54) is 7.05 Å². The van der Waals surface area contributed by atoms with Crippen LogP contribution >= 0.6 is 0 Å². The van der Waals surface area contributed by atoms with E-state index in [0.29, 0.717) is 12.2 Å². The Morgan fingerprint density at radius 1 is 1.57 bits per heavy atom. The van der Waals surface area contributed by atoms with Gasteiger partial charge in [-0.1, -0.05) is 6.92 Å². The lowest BCUT2D eigenvalue weighted by Gasteiger charge is -2.25. The molecule has 8 nitrogen and oxygen atoms in total. The van der Waals surface area contributed by atoms with Crippen LogP contribution in [0.5, 0.6) is 0 Å². The Labute approximate surface area is 125 Å². The van der Waals surface area contributed by atoms with Crippen LogP contribution in [0, 0.1) is 11.3 Å². The van der Waals surface area contributed by atoms with Crippen molar-refractivity contribution in [1.29, 1.82) is 5.26 Å². The third kappa shape index (κ3) is 3.58. The lowest BCUT2D eigenvalue weighted by molar-refractivity contribution is 0.385. The van der Waals surface area contributed by atoms with Crippen LogP contribution in [0.1, 0.15) is 43.9 Å². The summed E-state index contributed by atoms with van der Waals surface area (Å²) in [5.74, 6) is 1.41. The Kier molecular flexibility index (Phi) is 4.92. The van der Waals surface area contributed by atoms with Crippen LogP contribution in [0.4, 0.5) is 0 Å². The molecule has 0 spiro atoms. The third-order valence-corrected chi connectivity index (χ3v) is 5.06. The standard InChI is InChI=1S/C12H20N6O2S/c1-3-11-14-12-10(6-4-9-18(12)15-11)16-21(19,20)17(2)8-5-7-13/h10,16H,3-6,8-9H2,1-2H3. The number of nitrogens with one attached hydrogen (secondary N) is 1. The van der Waals surface area contributed by atoms with Gasteiger partial charge >= 0.3 is 0 Å². The van der Waals surface area contributed by atoms with E-state index in [4.69, 9.17) is 5.26 Å². The number of fused-ring (bicyclic) bond motifs is 1. The molecule has 0 radical (unpaired) electrons. The van der Waals surface area contributed by atoms with E-state index in [9.17, 15) is 8.42 Å². The van der Waals surface area contributed by atoms with E-state index >= 15 is 0 Å². The van der Waals surface area contributed by atoms with Gasteiger partial charge in [0.05, 0.1) is 12.1 Å². The average molecular weight is 312 g/mol. The maximum absolute atomic E-state index is 12.2. The average Bonchev–Trinajstić information content (AvgIpc) is 2.88. The molecule has 116 valence electrons. The summed E-state index contributed by atoms with van der Waals surface area (Å²) in [4.78, 5) is 4.41. The lowest BCUT2D eigenvalue weighted by atomic mass is 10.1. The minimum absolute atomic E-state index is 0.165. The topological polar surface area (TPSA) is 104 Å². The molecule has 1 atom stereocenters. The summed E-state index contributed by atoms with van der Waals surface area (Å²) in [5.41, 5.74) is 0. The molecule has 9 heteroatoms. The molecule has 0 saturated heterocycles. The first-order valence-electron chi connectivity index (χ1n) is 7.02. The van der Waals surface area contributed by atoms with E-state index in [0.717, 1.165) is 29.5 Å². The maximum Gasteiger partial charge on any atom is 0.279 e. The molecule has 1 aromatic rings. The van der Waals surface area contributed by atoms with Gasteiger partial charge in [0.2, 0.25) is 0 Å².